The molecule has 1 aromatic heterocycles. The Morgan fingerprint density at radius 3 is 2.52 bits per heavy atom. The third-order valence-electron chi connectivity index (χ3n) is 3.22. The van der Waals surface area contributed by atoms with Crippen molar-refractivity contribution >= 4 is 23.7 Å². The SMILES string of the molecule is Cc1ccc(NC(=O)CC(=O)N/N=C\c2ccncc2)cc1C. The van der Waals surface area contributed by atoms with Crippen LogP contribution in [-0.4, -0.2) is 23.0 Å². The van der Waals surface area contributed by atoms with Crippen LogP contribution in [0.25, 0.3) is 0 Å². The van der Waals surface area contributed by atoms with E-state index >= 15 is 0 Å². The lowest BCUT2D eigenvalue weighted by atomic mass is 10.1. The van der Waals surface area contributed by atoms with Gasteiger partial charge in [0.25, 0.3) is 0 Å². The number of rotatable bonds is 5. The number of nitrogens with zero attached hydrogens (tertiary/aromatic N) is 2. The summed E-state index contributed by atoms with van der Waals surface area (Å²) in [6.07, 6.45) is 4.45. The van der Waals surface area contributed by atoms with Gasteiger partial charge in [-0.2, -0.15) is 5.10 Å². The molecule has 0 saturated carbocycles. The largest absolute Gasteiger partial charge is 0.326 e. The Balaban J connectivity index is 1.81. The minimum Gasteiger partial charge on any atom is -0.326 e. The standard InChI is InChI=1S/C17H18N4O2/c1-12-3-4-15(9-13(12)2)20-16(22)10-17(23)21-19-11-14-5-7-18-8-6-14/h3-9,11H,10H2,1-2H3,(H,20,22)(H,21,23)/b19-11-. The fourth-order valence-corrected chi connectivity index (χ4v) is 1.84. The fraction of sp³-hybridized carbons (Fsp3) is 0.176. The normalized spacial score (nSPS) is 10.5. The van der Waals surface area contributed by atoms with Crippen molar-refractivity contribution in [1.82, 2.24) is 10.4 Å². The number of hydrogen-bond donors (Lipinski definition) is 2. The van der Waals surface area contributed by atoms with Crippen molar-refractivity contribution < 1.29 is 9.59 Å². The first-order valence-electron chi connectivity index (χ1n) is 7.13. The molecular formula is C17H18N4O2. The third kappa shape index (κ3) is 5.35. The highest BCUT2D eigenvalue weighted by molar-refractivity contribution is 6.03. The number of carbonyl (C=O) groups is 2. The number of pyridine rings is 1. The smallest absolute Gasteiger partial charge is 0.249 e. The van der Waals surface area contributed by atoms with E-state index in [2.05, 4.69) is 20.8 Å². The Morgan fingerprint density at radius 1 is 1.09 bits per heavy atom. The summed E-state index contributed by atoms with van der Waals surface area (Å²) in [5.74, 6) is -0.860. The summed E-state index contributed by atoms with van der Waals surface area (Å²) in [4.78, 5) is 27.4. The van der Waals surface area contributed by atoms with Gasteiger partial charge in [0.2, 0.25) is 11.8 Å². The molecular weight excluding hydrogens is 292 g/mol. The van der Waals surface area contributed by atoms with Gasteiger partial charge in [-0.15, -0.1) is 0 Å². The summed E-state index contributed by atoms with van der Waals surface area (Å²) in [7, 11) is 0. The van der Waals surface area contributed by atoms with Crippen molar-refractivity contribution in [3.8, 4) is 0 Å². The van der Waals surface area contributed by atoms with E-state index in [0.29, 0.717) is 5.69 Å². The maximum atomic E-state index is 11.8. The minimum atomic E-state index is -0.475. The quantitative estimate of drug-likeness (QED) is 0.504. The number of carbonyl (C=O) groups excluding carboxylic acids is 2. The molecule has 0 fully saturated rings. The zero-order valence-corrected chi connectivity index (χ0v) is 13.0. The molecule has 2 rings (SSSR count). The third-order valence-corrected chi connectivity index (χ3v) is 3.22. The number of hydrazone groups is 1. The number of hydrogen-bond acceptors (Lipinski definition) is 4. The molecule has 0 bridgehead atoms. The van der Waals surface area contributed by atoms with E-state index in [1.165, 1.54) is 6.21 Å². The lowest BCUT2D eigenvalue weighted by Gasteiger charge is -2.07. The van der Waals surface area contributed by atoms with Gasteiger partial charge in [-0.05, 0) is 54.8 Å². The summed E-state index contributed by atoms with van der Waals surface area (Å²) in [5.41, 5.74) is 6.02. The molecule has 2 aromatic rings. The van der Waals surface area contributed by atoms with Crippen LogP contribution in [-0.2, 0) is 9.59 Å². The van der Waals surface area contributed by atoms with Crippen LogP contribution in [0.3, 0.4) is 0 Å². The lowest BCUT2D eigenvalue weighted by molar-refractivity contribution is -0.126. The molecule has 0 aliphatic rings. The zero-order chi connectivity index (χ0) is 16.7. The Bertz CT molecular complexity index is 727. The lowest BCUT2D eigenvalue weighted by Crippen LogP contribution is -2.24. The van der Waals surface area contributed by atoms with E-state index in [4.69, 9.17) is 0 Å². The number of nitrogens with one attached hydrogen (secondary N) is 2. The second-order valence-corrected chi connectivity index (χ2v) is 5.10. The van der Waals surface area contributed by atoms with Crippen molar-refractivity contribution in [1.29, 1.82) is 0 Å². The van der Waals surface area contributed by atoms with Crippen molar-refractivity contribution in [3.63, 3.8) is 0 Å². The van der Waals surface area contributed by atoms with Gasteiger partial charge < -0.3 is 5.32 Å². The number of benzene rings is 1. The zero-order valence-electron chi connectivity index (χ0n) is 13.0. The molecule has 0 saturated heterocycles. The topological polar surface area (TPSA) is 83.5 Å². The Labute approximate surface area is 134 Å². The van der Waals surface area contributed by atoms with Crippen LogP contribution in [0.1, 0.15) is 23.1 Å². The van der Waals surface area contributed by atoms with E-state index in [-0.39, 0.29) is 12.3 Å². The van der Waals surface area contributed by atoms with Gasteiger partial charge in [0.15, 0.2) is 0 Å². The van der Waals surface area contributed by atoms with E-state index < -0.39 is 5.91 Å². The second-order valence-electron chi connectivity index (χ2n) is 5.10. The van der Waals surface area contributed by atoms with E-state index in [9.17, 15) is 9.59 Å². The highest BCUT2D eigenvalue weighted by Crippen LogP contribution is 2.14. The van der Waals surface area contributed by atoms with Crippen LogP contribution in [0.15, 0.2) is 47.8 Å². The first-order chi connectivity index (χ1) is 11.0. The molecule has 1 aromatic carbocycles. The molecule has 0 aliphatic heterocycles. The number of anilines is 1. The van der Waals surface area contributed by atoms with Gasteiger partial charge >= 0.3 is 0 Å². The fourth-order valence-electron chi connectivity index (χ4n) is 1.84. The highest BCUT2D eigenvalue weighted by Gasteiger charge is 2.09. The molecule has 0 radical (unpaired) electrons. The molecule has 0 spiro atoms. The van der Waals surface area contributed by atoms with Crippen molar-refractivity contribution in [2.24, 2.45) is 5.10 Å². The average molecular weight is 310 g/mol. The van der Waals surface area contributed by atoms with Crippen molar-refractivity contribution in [2.45, 2.75) is 20.3 Å². The van der Waals surface area contributed by atoms with Crippen LogP contribution in [0.4, 0.5) is 5.69 Å². The van der Waals surface area contributed by atoms with E-state index in [0.717, 1.165) is 16.7 Å². The molecule has 23 heavy (non-hydrogen) atoms. The average Bonchev–Trinajstić information content (AvgIpc) is 2.52. The van der Waals surface area contributed by atoms with Gasteiger partial charge in [0.1, 0.15) is 6.42 Å². The van der Waals surface area contributed by atoms with Crippen molar-refractivity contribution in [2.75, 3.05) is 5.32 Å². The van der Waals surface area contributed by atoms with Gasteiger partial charge in [-0.3, -0.25) is 14.6 Å². The predicted octanol–water partition coefficient (Wildman–Crippen LogP) is 2.18. The molecule has 118 valence electrons. The Morgan fingerprint density at radius 2 is 1.83 bits per heavy atom. The monoisotopic (exact) mass is 310 g/mol. The van der Waals surface area contributed by atoms with Gasteiger partial charge in [0, 0.05) is 18.1 Å². The summed E-state index contributed by atoms with van der Waals surface area (Å²) >= 11 is 0. The molecule has 1 heterocycles. The number of aromatic nitrogens is 1. The van der Waals surface area contributed by atoms with Crippen LogP contribution in [0, 0.1) is 13.8 Å². The predicted molar refractivity (Wildman–Crippen MR) is 89.1 cm³/mol. The molecule has 6 heteroatoms. The number of aryl methyl sites for hydroxylation is 2. The van der Waals surface area contributed by atoms with Crippen LogP contribution >= 0.6 is 0 Å². The van der Waals surface area contributed by atoms with E-state index in [1.54, 1.807) is 30.6 Å². The molecule has 2 amide bonds. The summed E-state index contributed by atoms with van der Waals surface area (Å²) < 4.78 is 0. The maximum Gasteiger partial charge on any atom is 0.249 e. The van der Waals surface area contributed by atoms with Crippen LogP contribution in [0.2, 0.25) is 0 Å². The first-order valence-corrected chi connectivity index (χ1v) is 7.13. The highest BCUT2D eigenvalue weighted by atomic mass is 16.2. The minimum absolute atomic E-state index is 0.291. The molecule has 0 unspecified atom stereocenters. The Hall–Kier alpha value is -3.02. The maximum absolute atomic E-state index is 11.8. The van der Waals surface area contributed by atoms with Gasteiger partial charge in [-0.25, -0.2) is 5.43 Å². The summed E-state index contributed by atoms with van der Waals surface area (Å²) in [5, 5.41) is 6.48. The molecule has 2 N–H and O–H groups in total. The Kier molecular flexibility index (Phi) is 5.57. The van der Waals surface area contributed by atoms with Crippen LogP contribution < -0.4 is 10.7 Å². The molecule has 0 atom stereocenters. The summed E-state index contributed by atoms with van der Waals surface area (Å²) in [6.45, 7) is 3.96. The molecule has 0 aliphatic carbocycles. The van der Waals surface area contributed by atoms with Crippen LogP contribution in [0.5, 0.6) is 0 Å². The second kappa shape index (κ2) is 7.84. The van der Waals surface area contributed by atoms with E-state index in [1.807, 2.05) is 26.0 Å². The van der Waals surface area contributed by atoms with Crippen molar-refractivity contribution in [3.05, 3.63) is 59.4 Å². The summed E-state index contributed by atoms with van der Waals surface area (Å²) in [6, 6.07) is 9.10. The molecule has 6 nitrogen and oxygen atoms in total. The van der Waals surface area contributed by atoms with Gasteiger partial charge in [0.05, 0.1) is 6.21 Å². The first kappa shape index (κ1) is 16.4. The number of amides is 2. The van der Waals surface area contributed by atoms with Gasteiger partial charge in [-0.1, -0.05) is 6.07 Å².